The minimum Gasteiger partial charge on any atom is -0.413 e. The first-order chi connectivity index (χ1) is 20.1. The lowest BCUT2D eigenvalue weighted by molar-refractivity contribution is -0.0392. The number of fused-ring (bicyclic) bond motifs is 3. The van der Waals surface area contributed by atoms with Crippen LogP contribution < -0.4 is 5.73 Å². The van der Waals surface area contributed by atoms with Crippen molar-refractivity contribution in [3.05, 3.63) is 17.8 Å². The van der Waals surface area contributed by atoms with Gasteiger partial charge in [-0.2, -0.15) is 4.98 Å². The predicted molar refractivity (Wildman–Crippen MR) is 181 cm³/mol. The van der Waals surface area contributed by atoms with Gasteiger partial charge < -0.3 is 23.9 Å². The molecule has 1 fully saturated rings. The number of anilines is 1. The van der Waals surface area contributed by atoms with Gasteiger partial charge in [-0.15, -0.1) is 0 Å². The summed E-state index contributed by atoms with van der Waals surface area (Å²) in [5.41, 5.74) is 11.0. The van der Waals surface area contributed by atoms with Crippen LogP contribution in [-0.2, 0) is 13.6 Å². The molecular weight excluding hydrogens is 596 g/mol. The number of nitrogens with two attached hydrogens (primary N) is 1. The van der Waals surface area contributed by atoms with Crippen LogP contribution in [0.25, 0.3) is 22.1 Å². The Labute approximate surface area is 264 Å². The van der Waals surface area contributed by atoms with Crippen molar-refractivity contribution in [1.29, 1.82) is 0 Å². The highest BCUT2D eigenvalue weighted by Crippen LogP contribution is 2.47. The highest BCUT2D eigenvalue weighted by molar-refractivity contribution is 6.78. The van der Waals surface area contributed by atoms with Crippen LogP contribution in [0.5, 0.6) is 0 Å². The average molecular weight is 649 g/mol. The van der Waals surface area contributed by atoms with Gasteiger partial charge in [0.25, 0.3) is 0 Å². The van der Waals surface area contributed by atoms with Crippen molar-refractivity contribution in [3.63, 3.8) is 0 Å². The number of nitrogen functional groups attached to an aromatic ring is 1. The molecule has 3 atom stereocenters. The zero-order chi connectivity index (χ0) is 32.0. The van der Waals surface area contributed by atoms with E-state index in [4.69, 9.17) is 30.9 Å². The zero-order valence-electron chi connectivity index (χ0n) is 28.2. The lowest BCUT2D eigenvalue weighted by atomic mass is 10.2. The molecule has 4 heterocycles. The second kappa shape index (κ2) is 13.0. The van der Waals surface area contributed by atoms with Crippen LogP contribution in [0.4, 0.5) is 5.82 Å². The molecule has 0 bridgehead atoms. The maximum absolute atomic E-state index is 7.45. The lowest BCUT2D eigenvalue weighted by Crippen LogP contribution is -2.53. The molecule has 43 heavy (non-hydrogen) atoms. The summed E-state index contributed by atoms with van der Waals surface area (Å²) in [7, 11) is -4.34. The quantitative estimate of drug-likeness (QED) is 0.153. The van der Waals surface area contributed by atoms with E-state index in [0.717, 1.165) is 10.9 Å². The molecule has 3 aromatic rings. The molecule has 1 saturated heterocycles. The number of nitrogens with zero attached hydrogens (tertiary/aromatic N) is 5. The van der Waals surface area contributed by atoms with Gasteiger partial charge in [-0.25, -0.2) is 15.0 Å². The van der Waals surface area contributed by atoms with Crippen LogP contribution in [0.2, 0.25) is 38.5 Å². The fourth-order valence-corrected chi connectivity index (χ4v) is 19.5. The Hall–Kier alpha value is -1.64. The van der Waals surface area contributed by atoms with E-state index in [9.17, 15) is 0 Å². The van der Waals surface area contributed by atoms with Crippen LogP contribution in [0.15, 0.2) is 12.5 Å². The van der Waals surface area contributed by atoms with Gasteiger partial charge >= 0.3 is 0 Å². The molecule has 3 aromatic heterocycles. The average Bonchev–Trinajstić information content (AvgIpc) is 3.51. The molecule has 1 aliphatic rings. The molecule has 2 N–H and O–H groups in total. The Morgan fingerprint density at radius 2 is 1.44 bits per heavy atom. The second-order valence-electron chi connectivity index (χ2n) is 14.2. The molecule has 9 nitrogen and oxygen atoms in total. The third-order valence-electron chi connectivity index (χ3n) is 10.0. The summed E-state index contributed by atoms with van der Waals surface area (Å²) in [5, 5.41) is 0.853. The molecule has 0 spiro atoms. The number of pyridine rings is 1. The standard InChI is InChI=1S/C31H53ClN6O3Si2/c1-17(2)42(18(3)4,19(5)6)39-15-25-24(41-43(20(7)8,21(9)10)22(11)12)13-26(40-25)38-16-35-27-28(38)23-14-34-31(32)37-30(23)36-29(27)33/h14,16-22,24-26H,13,15H2,1-12H3,(H2,33,34,36,37)/t24-,25+,26+/m0/s1. The summed E-state index contributed by atoms with van der Waals surface area (Å²) < 4.78 is 23.6. The van der Waals surface area contributed by atoms with E-state index in [1.54, 1.807) is 12.5 Å². The highest BCUT2D eigenvalue weighted by Gasteiger charge is 2.52. The lowest BCUT2D eigenvalue weighted by Gasteiger charge is -2.45. The van der Waals surface area contributed by atoms with E-state index in [1.165, 1.54) is 0 Å². The smallest absolute Gasteiger partial charge is 0.224 e. The zero-order valence-corrected chi connectivity index (χ0v) is 30.9. The largest absolute Gasteiger partial charge is 0.413 e. The first-order valence-corrected chi connectivity index (χ1v) is 20.6. The maximum Gasteiger partial charge on any atom is 0.224 e. The van der Waals surface area contributed by atoms with Gasteiger partial charge in [0.2, 0.25) is 13.6 Å². The molecule has 240 valence electrons. The Morgan fingerprint density at radius 3 is 1.98 bits per heavy atom. The van der Waals surface area contributed by atoms with Crippen molar-refractivity contribution in [2.24, 2.45) is 0 Å². The molecule has 0 radical (unpaired) electrons. The van der Waals surface area contributed by atoms with Gasteiger partial charge in [0.1, 0.15) is 17.8 Å². The van der Waals surface area contributed by atoms with E-state index in [0.29, 0.717) is 63.3 Å². The van der Waals surface area contributed by atoms with Crippen molar-refractivity contribution in [1.82, 2.24) is 24.5 Å². The van der Waals surface area contributed by atoms with Gasteiger partial charge in [-0.05, 0) is 44.8 Å². The molecule has 0 aromatic carbocycles. The Morgan fingerprint density at radius 1 is 0.884 bits per heavy atom. The Kier molecular flexibility index (Phi) is 10.4. The molecule has 1 aliphatic heterocycles. The van der Waals surface area contributed by atoms with E-state index in [1.807, 2.05) is 4.57 Å². The van der Waals surface area contributed by atoms with Crippen molar-refractivity contribution in [2.45, 2.75) is 141 Å². The number of hydrogen-bond acceptors (Lipinski definition) is 8. The van der Waals surface area contributed by atoms with E-state index in [-0.39, 0.29) is 23.7 Å². The highest BCUT2D eigenvalue weighted by atomic mass is 35.5. The summed E-state index contributed by atoms with van der Waals surface area (Å²) in [6, 6.07) is 0. The SMILES string of the molecule is CC(C)[Si](OC[C@H]1O[C@@H](n2cnc3c(N)nc4nc(Cl)ncc4c32)C[C@@H]1O[Si](C(C)C)(C(C)C)C(C)C)(C(C)C)C(C)C. The minimum atomic E-state index is -2.22. The first kappa shape index (κ1) is 34.2. The Bertz CT molecular complexity index is 1370. The summed E-state index contributed by atoms with van der Waals surface area (Å²) in [4.78, 5) is 17.6. The summed E-state index contributed by atoms with van der Waals surface area (Å²) in [5.74, 6) is 0.300. The maximum atomic E-state index is 7.45. The fourth-order valence-electron chi connectivity index (χ4n) is 8.35. The molecular formula is C31H53ClN6O3Si2. The summed E-state index contributed by atoms with van der Waals surface area (Å²) >= 11 is 6.10. The van der Waals surface area contributed by atoms with E-state index in [2.05, 4.69) is 103 Å². The summed E-state index contributed by atoms with van der Waals surface area (Å²) in [6.45, 7) is 28.4. The van der Waals surface area contributed by atoms with Crippen LogP contribution in [0.3, 0.4) is 0 Å². The number of imidazole rings is 1. The molecule has 0 saturated carbocycles. The number of hydrogen-bond donors (Lipinski definition) is 1. The normalized spacial score (nSPS) is 20.5. The van der Waals surface area contributed by atoms with Crippen molar-refractivity contribution < 1.29 is 13.6 Å². The first-order valence-electron chi connectivity index (χ1n) is 16.0. The fraction of sp³-hybridized carbons (Fsp3) is 0.742. The topological polar surface area (TPSA) is 110 Å². The molecule has 12 heteroatoms. The third-order valence-corrected chi connectivity index (χ3v) is 22.4. The molecule has 0 unspecified atom stereocenters. The van der Waals surface area contributed by atoms with Crippen LogP contribution in [0.1, 0.15) is 95.7 Å². The third kappa shape index (κ3) is 6.02. The van der Waals surface area contributed by atoms with Gasteiger partial charge in [0.05, 0.1) is 29.9 Å². The number of halogens is 1. The van der Waals surface area contributed by atoms with E-state index >= 15 is 0 Å². The van der Waals surface area contributed by atoms with Crippen LogP contribution in [-0.4, -0.2) is 60.0 Å². The minimum absolute atomic E-state index is 0.115. The van der Waals surface area contributed by atoms with Gasteiger partial charge in [0.15, 0.2) is 19.8 Å². The Balaban J connectivity index is 1.79. The molecule has 0 amide bonds. The number of rotatable bonds is 12. The predicted octanol–water partition coefficient (Wildman–Crippen LogP) is 8.65. The van der Waals surface area contributed by atoms with Gasteiger partial charge in [-0.3, -0.25) is 0 Å². The monoisotopic (exact) mass is 648 g/mol. The number of aromatic nitrogens is 5. The summed E-state index contributed by atoms with van der Waals surface area (Å²) in [6.07, 6.45) is 3.49. The van der Waals surface area contributed by atoms with Crippen LogP contribution in [0, 0.1) is 0 Å². The number of ether oxygens (including phenoxy) is 1. The molecule has 0 aliphatic carbocycles. The molecule has 4 rings (SSSR count). The van der Waals surface area contributed by atoms with E-state index < -0.39 is 16.6 Å². The van der Waals surface area contributed by atoms with Crippen LogP contribution >= 0.6 is 11.6 Å². The van der Waals surface area contributed by atoms with Gasteiger partial charge in [0, 0.05) is 12.6 Å². The second-order valence-corrected chi connectivity index (χ2v) is 25.4. The van der Waals surface area contributed by atoms with Crippen molar-refractivity contribution in [3.8, 4) is 0 Å². The van der Waals surface area contributed by atoms with Gasteiger partial charge in [-0.1, -0.05) is 83.1 Å². The van der Waals surface area contributed by atoms with Crippen molar-refractivity contribution >= 4 is 56.1 Å². The van der Waals surface area contributed by atoms with Crippen molar-refractivity contribution in [2.75, 3.05) is 12.3 Å².